The van der Waals surface area contributed by atoms with Gasteiger partial charge in [-0.3, -0.25) is 9.59 Å². The number of amides is 2. The van der Waals surface area contributed by atoms with E-state index < -0.39 is 0 Å². The van der Waals surface area contributed by atoms with Gasteiger partial charge in [0.25, 0.3) is 5.91 Å². The minimum atomic E-state index is -0.149. The molecule has 0 bridgehead atoms. The van der Waals surface area contributed by atoms with Crippen LogP contribution in [0.3, 0.4) is 0 Å². The lowest BCUT2D eigenvalue weighted by molar-refractivity contribution is -0.119. The van der Waals surface area contributed by atoms with E-state index in [0.29, 0.717) is 17.0 Å². The van der Waals surface area contributed by atoms with Gasteiger partial charge in [0.15, 0.2) is 4.34 Å². The van der Waals surface area contributed by atoms with E-state index >= 15 is 0 Å². The van der Waals surface area contributed by atoms with Crippen molar-refractivity contribution in [2.24, 2.45) is 0 Å². The molecule has 35 heavy (non-hydrogen) atoms. The molecule has 174 valence electrons. The Hall–Kier alpha value is -3.68. The number of thioether (sulfide) groups is 1. The van der Waals surface area contributed by atoms with Gasteiger partial charge in [0.05, 0.1) is 22.0 Å². The molecule has 2 amide bonds. The normalized spacial score (nSPS) is 11.9. The van der Waals surface area contributed by atoms with Crippen molar-refractivity contribution >= 4 is 61.6 Å². The number of thiazole rings is 1. The van der Waals surface area contributed by atoms with Crippen molar-refractivity contribution in [3.63, 3.8) is 0 Å². The average Bonchev–Trinajstić information content (AvgIpc) is 3.30. The summed E-state index contributed by atoms with van der Waals surface area (Å²) in [7, 11) is 0. The summed E-state index contributed by atoms with van der Waals surface area (Å²) >= 11 is 2.93. The second-order valence-electron chi connectivity index (χ2n) is 8.13. The highest BCUT2D eigenvalue weighted by Gasteiger charge is 2.13. The van der Waals surface area contributed by atoms with Crippen LogP contribution in [0.25, 0.3) is 21.0 Å². The van der Waals surface area contributed by atoms with E-state index in [-0.39, 0.29) is 17.9 Å². The topological polar surface area (TPSA) is 71.1 Å². The molecule has 1 atom stereocenters. The predicted molar refractivity (Wildman–Crippen MR) is 145 cm³/mol. The molecular formula is C28H23N3O2S2. The summed E-state index contributed by atoms with van der Waals surface area (Å²) in [6.45, 7) is 1.98. The summed E-state index contributed by atoms with van der Waals surface area (Å²) in [4.78, 5) is 30.0. The number of hydrogen-bond donors (Lipinski definition) is 2. The number of hydrogen-bond acceptors (Lipinski definition) is 5. The van der Waals surface area contributed by atoms with Crippen LogP contribution in [0.4, 0.5) is 5.69 Å². The van der Waals surface area contributed by atoms with Crippen LogP contribution >= 0.6 is 23.1 Å². The molecule has 5 nitrogen and oxygen atoms in total. The number of nitrogens with zero attached hydrogens (tertiary/aromatic N) is 1. The summed E-state index contributed by atoms with van der Waals surface area (Å²) < 4.78 is 1.78. The molecule has 5 aromatic rings. The molecule has 0 fully saturated rings. The lowest BCUT2D eigenvalue weighted by Crippen LogP contribution is -2.28. The van der Waals surface area contributed by atoms with E-state index in [2.05, 4.69) is 15.6 Å². The van der Waals surface area contributed by atoms with Gasteiger partial charge in [0, 0.05) is 11.3 Å². The number of aromatic nitrogens is 1. The molecule has 0 aliphatic heterocycles. The number of fused-ring (bicyclic) bond motifs is 2. The quantitative estimate of drug-likeness (QED) is 0.246. The van der Waals surface area contributed by atoms with Crippen molar-refractivity contribution in [2.75, 3.05) is 11.1 Å². The average molecular weight is 498 g/mol. The zero-order valence-electron chi connectivity index (χ0n) is 19.0. The van der Waals surface area contributed by atoms with Gasteiger partial charge < -0.3 is 10.6 Å². The fraction of sp³-hybridized carbons (Fsp3) is 0.107. The standard InChI is InChI=1S/C28H23N3O2S2/c1-18(19-8-3-2-4-9-19)29-26(32)17-34-28-31-24-15-14-21(16-25(24)35-28)30-27(33)23-13-7-11-20-10-5-6-12-22(20)23/h2-16,18H,17H2,1H3,(H,29,32)(H,30,33)/t18-/m0/s1. The molecular weight excluding hydrogens is 474 g/mol. The number of benzene rings is 4. The molecule has 0 aliphatic carbocycles. The van der Waals surface area contributed by atoms with Crippen LogP contribution in [0.15, 0.2) is 95.3 Å². The van der Waals surface area contributed by atoms with Gasteiger partial charge in [-0.1, -0.05) is 78.5 Å². The second-order valence-corrected chi connectivity index (χ2v) is 10.4. The molecule has 0 aliphatic rings. The van der Waals surface area contributed by atoms with Crippen LogP contribution in [-0.4, -0.2) is 22.6 Å². The Morgan fingerprint density at radius 2 is 1.71 bits per heavy atom. The van der Waals surface area contributed by atoms with Crippen LogP contribution < -0.4 is 10.6 Å². The van der Waals surface area contributed by atoms with Gasteiger partial charge in [-0.25, -0.2) is 4.98 Å². The lowest BCUT2D eigenvalue weighted by atomic mass is 10.0. The molecule has 0 radical (unpaired) electrons. The largest absolute Gasteiger partial charge is 0.349 e. The Bertz CT molecular complexity index is 1510. The number of carbonyl (C=O) groups excluding carboxylic acids is 2. The molecule has 4 aromatic carbocycles. The van der Waals surface area contributed by atoms with Crippen molar-refractivity contribution in [2.45, 2.75) is 17.3 Å². The monoisotopic (exact) mass is 497 g/mol. The minimum Gasteiger partial charge on any atom is -0.349 e. The number of carbonyl (C=O) groups is 2. The Morgan fingerprint density at radius 3 is 2.57 bits per heavy atom. The van der Waals surface area contributed by atoms with Gasteiger partial charge in [-0.2, -0.15) is 0 Å². The third-order valence-corrected chi connectivity index (χ3v) is 7.83. The highest BCUT2D eigenvalue weighted by Crippen LogP contribution is 2.31. The first kappa shape index (κ1) is 23.1. The molecule has 1 aromatic heterocycles. The van der Waals surface area contributed by atoms with Crippen molar-refractivity contribution in [3.8, 4) is 0 Å². The van der Waals surface area contributed by atoms with E-state index in [1.165, 1.54) is 23.1 Å². The van der Waals surface area contributed by atoms with Gasteiger partial charge in [0.1, 0.15) is 0 Å². The first-order chi connectivity index (χ1) is 17.1. The van der Waals surface area contributed by atoms with Crippen molar-refractivity contribution in [1.82, 2.24) is 10.3 Å². The Kier molecular flexibility index (Phi) is 6.79. The molecule has 0 spiro atoms. The SMILES string of the molecule is C[C@H](NC(=O)CSc1nc2ccc(NC(=O)c3cccc4ccccc34)cc2s1)c1ccccc1. The summed E-state index contributed by atoms with van der Waals surface area (Å²) in [5.74, 6) is 0.111. The van der Waals surface area contributed by atoms with E-state index in [4.69, 9.17) is 0 Å². The van der Waals surface area contributed by atoms with Crippen molar-refractivity contribution in [3.05, 3.63) is 102 Å². The number of rotatable bonds is 7. The fourth-order valence-electron chi connectivity index (χ4n) is 3.90. The maximum Gasteiger partial charge on any atom is 0.256 e. The van der Waals surface area contributed by atoms with Crippen LogP contribution in [-0.2, 0) is 4.79 Å². The minimum absolute atomic E-state index is 0.0337. The van der Waals surface area contributed by atoms with Crippen molar-refractivity contribution in [1.29, 1.82) is 0 Å². The summed E-state index contributed by atoms with van der Waals surface area (Å²) in [5.41, 5.74) is 3.27. The van der Waals surface area contributed by atoms with E-state index in [9.17, 15) is 9.59 Å². The maximum absolute atomic E-state index is 13.0. The number of nitrogens with one attached hydrogen (secondary N) is 2. The van der Waals surface area contributed by atoms with Crippen LogP contribution in [0.2, 0.25) is 0 Å². The third-order valence-electron chi connectivity index (χ3n) is 5.66. The van der Waals surface area contributed by atoms with E-state index in [0.717, 1.165) is 30.9 Å². The van der Waals surface area contributed by atoms with E-state index in [1.54, 1.807) is 0 Å². The highest BCUT2D eigenvalue weighted by atomic mass is 32.2. The molecule has 0 saturated heterocycles. The molecule has 2 N–H and O–H groups in total. The first-order valence-electron chi connectivity index (χ1n) is 11.2. The van der Waals surface area contributed by atoms with Crippen LogP contribution in [0.1, 0.15) is 28.9 Å². The zero-order valence-corrected chi connectivity index (χ0v) is 20.7. The molecule has 1 heterocycles. The maximum atomic E-state index is 13.0. The van der Waals surface area contributed by atoms with Gasteiger partial charge in [0.2, 0.25) is 5.91 Å². The predicted octanol–water partition coefficient (Wildman–Crippen LogP) is 6.67. The molecule has 0 saturated carbocycles. The smallest absolute Gasteiger partial charge is 0.256 e. The fourth-order valence-corrected chi connectivity index (χ4v) is 5.82. The van der Waals surface area contributed by atoms with Gasteiger partial charge in [-0.05, 0) is 47.5 Å². The Labute approximate surface area is 211 Å². The first-order valence-corrected chi connectivity index (χ1v) is 13.0. The Morgan fingerprint density at radius 1 is 0.943 bits per heavy atom. The van der Waals surface area contributed by atoms with Crippen LogP contribution in [0.5, 0.6) is 0 Å². The zero-order chi connectivity index (χ0) is 24.2. The Balaban J connectivity index is 1.23. The van der Waals surface area contributed by atoms with E-state index in [1.807, 2.05) is 97.9 Å². The summed E-state index contributed by atoms with van der Waals surface area (Å²) in [6, 6.07) is 29.1. The number of anilines is 1. The summed E-state index contributed by atoms with van der Waals surface area (Å²) in [6.07, 6.45) is 0. The molecule has 5 rings (SSSR count). The molecule has 0 unspecified atom stereocenters. The van der Waals surface area contributed by atoms with Gasteiger partial charge >= 0.3 is 0 Å². The summed E-state index contributed by atoms with van der Waals surface area (Å²) in [5, 5.41) is 7.99. The third kappa shape index (κ3) is 5.37. The van der Waals surface area contributed by atoms with Gasteiger partial charge in [-0.15, -0.1) is 11.3 Å². The van der Waals surface area contributed by atoms with Crippen molar-refractivity contribution < 1.29 is 9.59 Å². The highest BCUT2D eigenvalue weighted by molar-refractivity contribution is 8.01. The lowest BCUT2D eigenvalue weighted by Gasteiger charge is -2.13. The van der Waals surface area contributed by atoms with Crippen LogP contribution in [0, 0.1) is 0 Å². The second kappa shape index (κ2) is 10.3. The molecule has 7 heteroatoms.